The first-order valence-corrected chi connectivity index (χ1v) is 7.01. The van der Waals surface area contributed by atoms with Crippen LogP contribution in [0.5, 0.6) is 0 Å². The van der Waals surface area contributed by atoms with Crippen molar-refractivity contribution in [1.82, 2.24) is 9.88 Å². The molecule has 0 spiro atoms. The first-order chi connectivity index (χ1) is 8.16. The van der Waals surface area contributed by atoms with Crippen molar-refractivity contribution < 1.29 is 0 Å². The Labute approximate surface area is 107 Å². The molecule has 1 unspecified atom stereocenters. The molecular formula is C12H20N4S. The lowest BCUT2D eigenvalue weighted by Gasteiger charge is -2.16. The van der Waals surface area contributed by atoms with E-state index < -0.39 is 0 Å². The van der Waals surface area contributed by atoms with Gasteiger partial charge in [0.2, 0.25) is 0 Å². The fourth-order valence-corrected chi connectivity index (χ4v) is 2.80. The van der Waals surface area contributed by atoms with Crippen molar-refractivity contribution in [3.05, 3.63) is 16.1 Å². The molecule has 1 aliphatic rings. The van der Waals surface area contributed by atoms with E-state index >= 15 is 0 Å². The van der Waals surface area contributed by atoms with Crippen LogP contribution in [0.2, 0.25) is 0 Å². The van der Waals surface area contributed by atoms with Crippen LogP contribution in [0.3, 0.4) is 0 Å². The molecule has 1 aromatic heterocycles. The molecule has 2 N–H and O–H groups in total. The molecule has 1 atom stereocenters. The van der Waals surface area contributed by atoms with Crippen LogP contribution < -0.4 is 5.73 Å². The van der Waals surface area contributed by atoms with Crippen LogP contribution in [0.1, 0.15) is 36.4 Å². The lowest BCUT2D eigenvalue weighted by molar-refractivity contribution is 0.509. The molecule has 0 saturated carbocycles. The predicted octanol–water partition coefficient (Wildman–Crippen LogP) is 1.97. The third-order valence-corrected chi connectivity index (χ3v) is 4.21. The number of hydrogen-bond donors (Lipinski definition) is 1. The molecule has 2 rings (SSSR count). The summed E-state index contributed by atoms with van der Waals surface area (Å²) < 4.78 is 0. The second kappa shape index (κ2) is 5.49. The summed E-state index contributed by atoms with van der Waals surface area (Å²) in [6, 6.07) is 0. The molecule has 94 valence electrons. The van der Waals surface area contributed by atoms with Crippen LogP contribution in [0, 0.1) is 6.92 Å². The van der Waals surface area contributed by atoms with E-state index in [2.05, 4.69) is 27.2 Å². The molecular weight excluding hydrogens is 232 g/mol. The third-order valence-electron chi connectivity index (χ3n) is 3.02. The Morgan fingerprint density at radius 1 is 1.59 bits per heavy atom. The zero-order chi connectivity index (χ0) is 12.3. The van der Waals surface area contributed by atoms with Gasteiger partial charge in [-0.05, 0) is 19.8 Å². The quantitative estimate of drug-likeness (QED) is 0.661. The highest BCUT2D eigenvalue weighted by atomic mass is 32.1. The molecule has 17 heavy (non-hydrogen) atoms. The van der Waals surface area contributed by atoms with E-state index in [0.29, 0.717) is 11.9 Å². The number of nitrogens with two attached hydrogens (primary N) is 1. The second-order valence-electron chi connectivity index (χ2n) is 4.62. The van der Waals surface area contributed by atoms with Gasteiger partial charge in [0.05, 0.1) is 11.6 Å². The van der Waals surface area contributed by atoms with E-state index in [9.17, 15) is 0 Å². The van der Waals surface area contributed by atoms with Gasteiger partial charge in [-0.2, -0.15) is 0 Å². The number of aliphatic imine (C=N–C) groups is 1. The highest BCUT2D eigenvalue weighted by Crippen LogP contribution is 2.20. The molecule has 2 heterocycles. The van der Waals surface area contributed by atoms with Gasteiger partial charge in [0, 0.05) is 30.1 Å². The van der Waals surface area contributed by atoms with Gasteiger partial charge in [-0.3, -0.25) is 4.99 Å². The van der Waals surface area contributed by atoms with E-state index in [1.165, 1.54) is 12.8 Å². The van der Waals surface area contributed by atoms with Crippen LogP contribution in [0.4, 0.5) is 0 Å². The molecule has 4 nitrogen and oxygen atoms in total. The van der Waals surface area contributed by atoms with Crippen LogP contribution >= 0.6 is 11.3 Å². The van der Waals surface area contributed by atoms with Crippen LogP contribution in [-0.4, -0.2) is 35.5 Å². The highest BCUT2D eigenvalue weighted by Gasteiger charge is 2.14. The summed E-state index contributed by atoms with van der Waals surface area (Å²) in [6.45, 7) is 7.02. The van der Waals surface area contributed by atoms with Crippen molar-refractivity contribution in [1.29, 1.82) is 0 Å². The van der Waals surface area contributed by atoms with E-state index in [1.807, 2.05) is 6.92 Å². The SMILES string of the molecule is Cc1csc(C(C)CN=C(N)N2CCCC2)n1. The maximum absolute atomic E-state index is 5.97. The number of rotatable bonds is 3. The van der Waals surface area contributed by atoms with Gasteiger partial charge in [0.1, 0.15) is 0 Å². The van der Waals surface area contributed by atoms with Gasteiger partial charge in [-0.15, -0.1) is 11.3 Å². The van der Waals surface area contributed by atoms with E-state index in [0.717, 1.165) is 30.3 Å². The Bertz CT molecular complexity index is 393. The van der Waals surface area contributed by atoms with Crippen LogP contribution in [0.15, 0.2) is 10.4 Å². The monoisotopic (exact) mass is 252 g/mol. The van der Waals surface area contributed by atoms with E-state index in [-0.39, 0.29) is 0 Å². The Kier molecular flexibility index (Phi) is 3.99. The summed E-state index contributed by atoms with van der Waals surface area (Å²) in [5.74, 6) is 1.05. The van der Waals surface area contributed by atoms with Gasteiger partial charge in [0.15, 0.2) is 5.96 Å². The van der Waals surface area contributed by atoms with Gasteiger partial charge in [0.25, 0.3) is 0 Å². The number of guanidine groups is 1. The van der Waals surface area contributed by atoms with Crippen molar-refractivity contribution in [2.24, 2.45) is 10.7 Å². The number of likely N-dealkylation sites (tertiary alicyclic amines) is 1. The average molecular weight is 252 g/mol. The molecule has 0 aliphatic carbocycles. The van der Waals surface area contributed by atoms with Gasteiger partial charge in [-0.25, -0.2) is 4.98 Å². The molecule has 0 amide bonds. The largest absolute Gasteiger partial charge is 0.370 e. The van der Waals surface area contributed by atoms with Crippen LogP contribution in [0.25, 0.3) is 0 Å². The molecule has 0 bridgehead atoms. The number of nitrogens with zero attached hydrogens (tertiary/aromatic N) is 3. The molecule has 1 aliphatic heterocycles. The summed E-state index contributed by atoms with van der Waals surface area (Å²) in [4.78, 5) is 11.1. The van der Waals surface area contributed by atoms with Crippen molar-refractivity contribution >= 4 is 17.3 Å². The fourth-order valence-electron chi connectivity index (χ4n) is 1.95. The van der Waals surface area contributed by atoms with E-state index in [1.54, 1.807) is 11.3 Å². The van der Waals surface area contributed by atoms with Crippen molar-refractivity contribution in [3.63, 3.8) is 0 Å². The Morgan fingerprint density at radius 3 is 2.88 bits per heavy atom. The topological polar surface area (TPSA) is 54.5 Å². The second-order valence-corrected chi connectivity index (χ2v) is 5.51. The predicted molar refractivity (Wildman–Crippen MR) is 72.6 cm³/mol. The summed E-state index contributed by atoms with van der Waals surface area (Å²) >= 11 is 1.71. The summed E-state index contributed by atoms with van der Waals surface area (Å²) in [7, 11) is 0. The molecule has 1 saturated heterocycles. The van der Waals surface area contributed by atoms with Gasteiger partial charge in [-0.1, -0.05) is 6.92 Å². The standard InChI is InChI=1S/C12H20N4S/c1-9(11-15-10(2)8-17-11)7-14-12(13)16-5-3-4-6-16/h8-9H,3-7H2,1-2H3,(H2,13,14). The molecule has 1 fully saturated rings. The van der Waals surface area contributed by atoms with Crippen molar-refractivity contribution in [2.75, 3.05) is 19.6 Å². The normalized spacial score (nSPS) is 18.7. The average Bonchev–Trinajstić information content (AvgIpc) is 2.95. The minimum absolute atomic E-state index is 0.356. The molecule has 0 aromatic carbocycles. The smallest absolute Gasteiger partial charge is 0.191 e. The lowest BCUT2D eigenvalue weighted by Crippen LogP contribution is -2.35. The summed E-state index contributed by atoms with van der Waals surface area (Å²) in [6.07, 6.45) is 2.47. The zero-order valence-electron chi connectivity index (χ0n) is 10.5. The number of aryl methyl sites for hydroxylation is 1. The molecule has 5 heteroatoms. The lowest BCUT2D eigenvalue weighted by atomic mass is 10.2. The summed E-state index contributed by atoms with van der Waals surface area (Å²) in [5.41, 5.74) is 7.06. The first-order valence-electron chi connectivity index (χ1n) is 6.13. The zero-order valence-corrected chi connectivity index (χ0v) is 11.3. The Morgan fingerprint density at radius 2 is 2.29 bits per heavy atom. The Balaban J connectivity index is 1.90. The fraction of sp³-hybridized carbons (Fsp3) is 0.667. The van der Waals surface area contributed by atoms with Crippen molar-refractivity contribution in [3.8, 4) is 0 Å². The van der Waals surface area contributed by atoms with Gasteiger partial charge >= 0.3 is 0 Å². The summed E-state index contributed by atoms with van der Waals surface area (Å²) in [5, 5.41) is 3.24. The minimum Gasteiger partial charge on any atom is -0.370 e. The third kappa shape index (κ3) is 3.19. The molecule has 0 radical (unpaired) electrons. The number of aromatic nitrogens is 1. The number of thiazole rings is 1. The maximum Gasteiger partial charge on any atom is 0.191 e. The number of hydrogen-bond acceptors (Lipinski definition) is 3. The van der Waals surface area contributed by atoms with E-state index in [4.69, 9.17) is 5.73 Å². The minimum atomic E-state index is 0.356. The highest BCUT2D eigenvalue weighted by molar-refractivity contribution is 7.09. The van der Waals surface area contributed by atoms with Gasteiger partial charge < -0.3 is 10.6 Å². The Hall–Kier alpha value is -1.10. The first kappa shape index (κ1) is 12.4. The maximum atomic E-state index is 5.97. The molecule has 1 aromatic rings. The van der Waals surface area contributed by atoms with Crippen molar-refractivity contribution in [2.45, 2.75) is 32.6 Å². The van der Waals surface area contributed by atoms with Crippen LogP contribution in [-0.2, 0) is 0 Å².